The van der Waals surface area contributed by atoms with Crippen LogP contribution in [-0.2, 0) is 24.0 Å². The second-order valence-electron chi connectivity index (χ2n) is 6.02. The van der Waals surface area contributed by atoms with Gasteiger partial charge in [-0.05, 0) is 18.2 Å². The first-order valence-corrected chi connectivity index (χ1v) is 9.95. The Kier molecular flexibility index (Phi) is 5.61. The molecule has 0 aliphatic carbocycles. The maximum absolute atomic E-state index is 13.0. The van der Waals surface area contributed by atoms with Gasteiger partial charge in [-0.1, -0.05) is 39.9 Å². The van der Waals surface area contributed by atoms with Gasteiger partial charge in [-0.15, -0.1) is 0 Å². The van der Waals surface area contributed by atoms with Crippen LogP contribution in [0.3, 0.4) is 0 Å². The Balaban J connectivity index is 2.16. The highest BCUT2D eigenvalue weighted by Gasteiger charge is 2.47. The molecular weight excluding hydrogens is 488 g/mol. The van der Waals surface area contributed by atoms with Crippen molar-refractivity contribution in [1.29, 1.82) is 0 Å². The van der Waals surface area contributed by atoms with E-state index in [2.05, 4.69) is 15.9 Å². The van der Waals surface area contributed by atoms with E-state index in [0.717, 1.165) is 4.90 Å². The molecule has 2 heterocycles. The number of nitrogens with zero attached hydrogens (tertiary/aromatic N) is 2. The van der Waals surface area contributed by atoms with Gasteiger partial charge < -0.3 is 10.2 Å². The first-order chi connectivity index (χ1) is 13.5. The Hall–Kier alpha value is -2.57. The number of halogens is 1. The van der Waals surface area contributed by atoms with Crippen LogP contribution in [0.15, 0.2) is 27.6 Å². The number of carboxylic acids is 2. The highest BCUT2D eigenvalue weighted by atomic mass is 79.9. The second-order valence-corrected chi connectivity index (χ2v) is 8.58. The number of fused-ring (bicyclic) bond motifs is 1. The summed E-state index contributed by atoms with van der Waals surface area (Å²) >= 11 is 9.07. The van der Waals surface area contributed by atoms with E-state index in [1.54, 1.807) is 12.1 Å². The SMILES string of the molecule is CC(=O)N1C(=O)C(=C2SC(=S)N(C(CC(=O)O)C(=O)O)C2=O)c2cc(Br)ccc21. The zero-order chi connectivity index (χ0) is 21.6. The molecule has 12 heteroatoms. The van der Waals surface area contributed by atoms with E-state index in [0.29, 0.717) is 26.7 Å². The molecule has 2 aliphatic heterocycles. The fourth-order valence-corrected chi connectivity index (χ4v) is 4.81. The van der Waals surface area contributed by atoms with E-state index in [9.17, 15) is 29.1 Å². The van der Waals surface area contributed by atoms with Gasteiger partial charge in [-0.25, -0.2) is 9.69 Å². The van der Waals surface area contributed by atoms with Crippen molar-refractivity contribution < 1.29 is 34.2 Å². The van der Waals surface area contributed by atoms with E-state index in [1.165, 1.54) is 13.0 Å². The van der Waals surface area contributed by atoms with Crippen LogP contribution >= 0.6 is 39.9 Å². The highest BCUT2D eigenvalue weighted by molar-refractivity contribution is 9.10. The topological polar surface area (TPSA) is 132 Å². The molecule has 0 bridgehead atoms. The number of carbonyl (C=O) groups is 5. The molecule has 1 fully saturated rings. The largest absolute Gasteiger partial charge is 0.481 e. The van der Waals surface area contributed by atoms with Crippen LogP contribution in [0.5, 0.6) is 0 Å². The van der Waals surface area contributed by atoms with Crippen molar-refractivity contribution in [2.75, 3.05) is 4.90 Å². The van der Waals surface area contributed by atoms with Crippen molar-refractivity contribution in [2.45, 2.75) is 19.4 Å². The fraction of sp³-hybridized carbons (Fsp3) is 0.176. The lowest BCUT2D eigenvalue weighted by atomic mass is 10.1. The summed E-state index contributed by atoms with van der Waals surface area (Å²) < 4.78 is 0.411. The quantitative estimate of drug-likeness (QED) is 0.471. The summed E-state index contributed by atoms with van der Waals surface area (Å²) in [5, 5.41) is 18.3. The maximum Gasteiger partial charge on any atom is 0.327 e. The number of carbonyl (C=O) groups excluding carboxylic acids is 3. The highest BCUT2D eigenvalue weighted by Crippen LogP contribution is 2.46. The zero-order valence-electron chi connectivity index (χ0n) is 14.5. The Labute approximate surface area is 181 Å². The maximum atomic E-state index is 13.0. The predicted molar refractivity (Wildman–Crippen MR) is 110 cm³/mol. The van der Waals surface area contributed by atoms with Crippen LogP contribution in [0.2, 0.25) is 0 Å². The summed E-state index contributed by atoms with van der Waals surface area (Å²) in [5.74, 6) is -5.16. The van der Waals surface area contributed by atoms with Crippen molar-refractivity contribution in [3.8, 4) is 0 Å². The van der Waals surface area contributed by atoms with Crippen molar-refractivity contribution in [1.82, 2.24) is 4.90 Å². The Morgan fingerprint density at radius 3 is 2.41 bits per heavy atom. The number of rotatable bonds is 4. The molecule has 2 aliphatic rings. The third-order valence-corrected chi connectivity index (χ3v) is 6.09. The van der Waals surface area contributed by atoms with Crippen LogP contribution < -0.4 is 4.90 Å². The molecule has 0 aromatic heterocycles. The lowest BCUT2D eigenvalue weighted by Gasteiger charge is -2.21. The smallest absolute Gasteiger partial charge is 0.327 e. The number of imide groups is 1. The standard InChI is InChI=1S/C17H11BrN2O7S2/c1-6(21)19-9-3-2-7(18)4-8(9)12(14(19)24)13-15(25)20(17(28)29-13)10(16(26)27)5-11(22)23/h2-4,10H,5H2,1H3,(H,22,23)(H,26,27). The molecular formula is C17H11BrN2O7S2. The lowest BCUT2D eigenvalue weighted by Crippen LogP contribution is -2.45. The molecule has 150 valence electrons. The Bertz CT molecular complexity index is 1050. The van der Waals surface area contributed by atoms with Gasteiger partial charge >= 0.3 is 11.9 Å². The number of hydrogen-bond acceptors (Lipinski definition) is 7. The molecule has 3 rings (SSSR count). The number of hydrogen-bond donors (Lipinski definition) is 2. The zero-order valence-corrected chi connectivity index (χ0v) is 17.8. The molecule has 0 saturated carbocycles. The number of thiocarbonyl (C=S) groups is 1. The van der Waals surface area contributed by atoms with Crippen LogP contribution in [0.1, 0.15) is 18.9 Å². The third kappa shape index (κ3) is 3.58. The summed E-state index contributed by atoms with van der Waals surface area (Å²) in [5.41, 5.74) is 0.507. The number of benzene rings is 1. The van der Waals surface area contributed by atoms with Gasteiger partial charge in [-0.2, -0.15) is 0 Å². The minimum atomic E-state index is -1.72. The second kappa shape index (κ2) is 7.69. The minimum Gasteiger partial charge on any atom is -0.481 e. The van der Waals surface area contributed by atoms with Crippen LogP contribution in [-0.4, -0.2) is 55.1 Å². The molecule has 0 spiro atoms. The molecule has 9 nitrogen and oxygen atoms in total. The number of thioether (sulfide) groups is 1. The Morgan fingerprint density at radius 1 is 1.21 bits per heavy atom. The fourth-order valence-electron chi connectivity index (χ4n) is 3.03. The van der Waals surface area contributed by atoms with Crippen molar-refractivity contribution in [2.24, 2.45) is 0 Å². The Morgan fingerprint density at radius 2 is 1.86 bits per heavy atom. The molecule has 29 heavy (non-hydrogen) atoms. The summed E-state index contributed by atoms with van der Waals surface area (Å²) in [4.78, 5) is 61.9. The molecule has 1 unspecified atom stereocenters. The van der Waals surface area contributed by atoms with Crippen LogP contribution in [0.4, 0.5) is 5.69 Å². The van der Waals surface area contributed by atoms with Gasteiger partial charge in [0.05, 0.1) is 22.6 Å². The van der Waals surface area contributed by atoms with Gasteiger partial charge in [-0.3, -0.25) is 24.1 Å². The van der Waals surface area contributed by atoms with E-state index in [-0.39, 0.29) is 20.5 Å². The number of amides is 3. The number of aliphatic carboxylic acids is 2. The molecule has 1 aromatic rings. The predicted octanol–water partition coefficient (Wildman–Crippen LogP) is 1.84. The first kappa shape index (κ1) is 21.1. The molecule has 0 radical (unpaired) electrons. The van der Waals surface area contributed by atoms with Crippen molar-refractivity contribution >= 4 is 85.2 Å². The van der Waals surface area contributed by atoms with Crippen molar-refractivity contribution in [3.63, 3.8) is 0 Å². The van der Waals surface area contributed by atoms with Gasteiger partial charge in [0.25, 0.3) is 11.8 Å². The normalized spacial score (nSPS) is 19.6. The molecule has 1 aromatic carbocycles. The summed E-state index contributed by atoms with van der Waals surface area (Å²) in [6, 6.07) is 3.00. The molecule has 3 amide bonds. The number of carboxylic acid groups (broad SMARTS) is 2. The first-order valence-electron chi connectivity index (χ1n) is 7.93. The van der Waals surface area contributed by atoms with Crippen LogP contribution in [0, 0.1) is 0 Å². The summed E-state index contributed by atoms with van der Waals surface area (Å²) in [6.07, 6.45) is -0.861. The van der Waals surface area contributed by atoms with E-state index in [4.69, 9.17) is 17.3 Å². The van der Waals surface area contributed by atoms with E-state index in [1.807, 2.05) is 0 Å². The van der Waals surface area contributed by atoms with E-state index < -0.39 is 42.1 Å². The van der Waals surface area contributed by atoms with Crippen LogP contribution in [0.25, 0.3) is 5.57 Å². The van der Waals surface area contributed by atoms with Crippen molar-refractivity contribution in [3.05, 3.63) is 33.1 Å². The average molecular weight is 499 g/mol. The summed E-state index contributed by atoms with van der Waals surface area (Å²) in [7, 11) is 0. The average Bonchev–Trinajstić information content (AvgIpc) is 3.04. The molecule has 1 atom stereocenters. The third-order valence-electron chi connectivity index (χ3n) is 4.19. The lowest BCUT2D eigenvalue weighted by molar-refractivity contribution is -0.150. The monoisotopic (exact) mass is 498 g/mol. The van der Waals surface area contributed by atoms with E-state index >= 15 is 0 Å². The van der Waals surface area contributed by atoms with Gasteiger partial charge in [0.1, 0.15) is 10.4 Å². The molecule has 2 N–H and O–H groups in total. The minimum absolute atomic E-state index is 0.0872. The molecule has 1 saturated heterocycles. The van der Waals surface area contributed by atoms with Gasteiger partial charge in [0.2, 0.25) is 5.91 Å². The number of anilines is 1. The van der Waals surface area contributed by atoms with Gasteiger partial charge in [0, 0.05) is 17.0 Å². The summed E-state index contributed by atoms with van der Waals surface area (Å²) in [6.45, 7) is 1.20. The van der Waals surface area contributed by atoms with Gasteiger partial charge in [0.15, 0.2) is 0 Å².